The normalized spacial score (nSPS) is 14.3. The topological polar surface area (TPSA) is 72.7 Å². The molecule has 0 bridgehead atoms. The first-order valence-electron chi connectivity index (χ1n) is 10.7. The van der Waals surface area contributed by atoms with Crippen molar-refractivity contribution >= 4 is 50.7 Å². The third-order valence-corrected chi connectivity index (χ3v) is 6.02. The molecule has 6 rings (SSSR count). The molecule has 156 valence electrons. The molecule has 2 aromatic heterocycles. The van der Waals surface area contributed by atoms with E-state index < -0.39 is 0 Å². The van der Waals surface area contributed by atoms with Crippen LogP contribution in [0.3, 0.4) is 0 Å². The number of hydrogen-bond donors (Lipinski definition) is 4. The predicted molar refractivity (Wildman–Crippen MR) is 132 cm³/mol. The van der Waals surface area contributed by atoms with E-state index in [4.69, 9.17) is 0 Å². The first-order chi connectivity index (χ1) is 15.6. The first kappa shape index (κ1) is 18.5. The zero-order chi connectivity index (χ0) is 21.7. The zero-order valence-electron chi connectivity index (χ0n) is 17.6. The second-order valence-corrected chi connectivity index (χ2v) is 8.28. The molecule has 0 saturated heterocycles. The molecule has 0 atom stereocenters. The molecule has 0 radical (unpaired) electrons. The summed E-state index contributed by atoms with van der Waals surface area (Å²) in [5, 5.41) is 8.85. The largest absolute Gasteiger partial charge is 0.379 e. The Bertz CT molecular complexity index is 1470. The van der Waals surface area contributed by atoms with Crippen LogP contribution >= 0.6 is 0 Å². The summed E-state index contributed by atoms with van der Waals surface area (Å²) in [5.41, 5.74) is 8.76. The van der Waals surface area contributed by atoms with Gasteiger partial charge in [0.05, 0.1) is 17.8 Å². The molecule has 3 aromatic carbocycles. The zero-order valence-corrected chi connectivity index (χ0v) is 17.6. The summed E-state index contributed by atoms with van der Waals surface area (Å²) in [4.78, 5) is 19.6. The van der Waals surface area contributed by atoms with Crippen LogP contribution in [0.5, 0.6) is 0 Å². The van der Waals surface area contributed by atoms with Gasteiger partial charge in [-0.2, -0.15) is 0 Å². The summed E-state index contributed by atoms with van der Waals surface area (Å²) < 4.78 is 0. The van der Waals surface area contributed by atoms with Crippen LogP contribution in [-0.2, 0) is 11.3 Å². The van der Waals surface area contributed by atoms with Crippen LogP contribution in [0, 0.1) is 6.92 Å². The van der Waals surface area contributed by atoms with Crippen molar-refractivity contribution in [2.45, 2.75) is 13.5 Å². The van der Waals surface area contributed by atoms with Crippen LogP contribution in [0.15, 0.2) is 72.8 Å². The molecule has 0 spiro atoms. The Morgan fingerprint density at radius 2 is 1.59 bits per heavy atom. The van der Waals surface area contributed by atoms with Gasteiger partial charge in [-0.25, -0.2) is 0 Å². The number of aryl methyl sites for hydroxylation is 1. The fraction of sp³-hybridized carbons (Fsp3) is 0.0741. The van der Waals surface area contributed by atoms with Crippen molar-refractivity contribution in [1.82, 2.24) is 9.97 Å². The van der Waals surface area contributed by atoms with Gasteiger partial charge in [0.25, 0.3) is 5.91 Å². The molecular weight excluding hydrogens is 396 g/mol. The summed E-state index contributed by atoms with van der Waals surface area (Å²) in [6, 6.07) is 24.7. The van der Waals surface area contributed by atoms with Gasteiger partial charge in [-0.05, 0) is 65.7 Å². The minimum atomic E-state index is -0.0745. The van der Waals surface area contributed by atoms with E-state index in [0.717, 1.165) is 50.3 Å². The van der Waals surface area contributed by atoms with Gasteiger partial charge in [-0.15, -0.1) is 0 Å². The molecule has 1 aliphatic rings. The molecule has 0 fully saturated rings. The van der Waals surface area contributed by atoms with Crippen molar-refractivity contribution in [2.24, 2.45) is 0 Å². The molecule has 4 N–H and O–H groups in total. The van der Waals surface area contributed by atoms with Gasteiger partial charge in [0.1, 0.15) is 0 Å². The minimum Gasteiger partial charge on any atom is -0.379 e. The summed E-state index contributed by atoms with van der Waals surface area (Å²) in [7, 11) is 0. The van der Waals surface area contributed by atoms with Crippen LogP contribution < -0.4 is 10.6 Å². The first-order valence-corrected chi connectivity index (χ1v) is 10.7. The summed E-state index contributed by atoms with van der Waals surface area (Å²) in [6.45, 7) is 2.73. The quantitative estimate of drug-likeness (QED) is 0.268. The van der Waals surface area contributed by atoms with Crippen molar-refractivity contribution in [3.8, 4) is 0 Å². The highest BCUT2D eigenvalue weighted by molar-refractivity contribution is 6.35. The highest BCUT2D eigenvalue weighted by Crippen LogP contribution is 2.38. The number of aromatic amines is 2. The maximum Gasteiger partial charge on any atom is 0.256 e. The Kier molecular flexibility index (Phi) is 4.15. The molecule has 5 aromatic rings. The highest BCUT2D eigenvalue weighted by atomic mass is 16.2. The smallest absolute Gasteiger partial charge is 0.256 e. The van der Waals surface area contributed by atoms with Gasteiger partial charge in [0.15, 0.2) is 0 Å². The van der Waals surface area contributed by atoms with Gasteiger partial charge >= 0.3 is 0 Å². The van der Waals surface area contributed by atoms with Crippen LogP contribution in [0.4, 0.5) is 11.4 Å². The van der Waals surface area contributed by atoms with E-state index in [2.05, 4.69) is 57.0 Å². The number of nitrogens with one attached hydrogen (secondary N) is 4. The average Bonchev–Trinajstić information content (AvgIpc) is 3.47. The van der Waals surface area contributed by atoms with Gasteiger partial charge in [-0.1, -0.05) is 36.4 Å². The van der Waals surface area contributed by atoms with Crippen molar-refractivity contribution in [3.05, 3.63) is 95.3 Å². The molecule has 1 aliphatic heterocycles. The van der Waals surface area contributed by atoms with Gasteiger partial charge in [-0.3, -0.25) is 4.79 Å². The standard InChI is InChI=1S/C27H22N4O/c1-16-10-19(28-15-21-12-18-7-3-5-9-24(18)30-21)14-25-26(16)22(27(32)31-25)13-20-11-17-6-2-4-8-23(17)29-20/h2-14,28-30H,15H2,1H3,(H,31,32)/b22-13-. The Hall–Kier alpha value is -4.25. The number of carbonyl (C=O) groups excluding carboxylic acids is 1. The third-order valence-electron chi connectivity index (χ3n) is 6.02. The van der Waals surface area contributed by atoms with Crippen LogP contribution in [0.2, 0.25) is 0 Å². The molecule has 1 amide bonds. The van der Waals surface area contributed by atoms with E-state index in [1.165, 1.54) is 5.39 Å². The van der Waals surface area contributed by atoms with E-state index in [1.54, 1.807) is 0 Å². The lowest BCUT2D eigenvalue weighted by molar-refractivity contribution is -0.110. The lowest BCUT2D eigenvalue weighted by Gasteiger charge is -2.10. The lowest BCUT2D eigenvalue weighted by Crippen LogP contribution is -2.04. The molecule has 0 unspecified atom stereocenters. The monoisotopic (exact) mass is 418 g/mol. The minimum absolute atomic E-state index is 0.0745. The highest BCUT2D eigenvalue weighted by Gasteiger charge is 2.26. The Morgan fingerprint density at radius 3 is 2.34 bits per heavy atom. The van der Waals surface area contributed by atoms with Crippen LogP contribution in [0.1, 0.15) is 22.5 Å². The van der Waals surface area contributed by atoms with Gasteiger partial charge in [0, 0.05) is 33.7 Å². The number of anilines is 2. The number of fused-ring (bicyclic) bond motifs is 3. The van der Waals surface area contributed by atoms with E-state index in [0.29, 0.717) is 12.1 Å². The van der Waals surface area contributed by atoms with Crippen molar-refractivity contribution in [3.63, 3.8) is 0 Å². The molecule has 5 nitrogen and oxygen atoms in total. The summed E-state index contributed by atoms with van der Waals surface area (Å²) in [5.74, 6) is -0.0745. The number of benzene rings is 3. The molecule has 3 heterocycles. The van der Waals surface area contributed by atoms with E-state index in [-0.39, 0.29) is 5.91 Å². The third kappa shape index (κ3) is 3.15. The number of para-hydroxylation sites is 2. The number of carbonyl (C=O) groups is 1. The summed E-state index contributed by atoms with van der Waals surface area (Å²) in [6.07, 6.45) is 1.94. The number of H-pyrrole nitrogens is 2. The fourth-order valence-corrected chi connectivity index (χ4v) is 4.54. The maximum absolute atomic E-state index is 12.8. The molecular formula is C27H22N4O. The number of rotatable bonds is 4. The van der Waals surface area contributed by atoms with E-state index in [1.807, 2.05) is 49.4 Å². The van der Waals surface area contributed by atoms with Crippen LogP contribution in [-0.4, -0.2) is 15.9 Å². The molecule has 0 aliphatic carbocycles. The van der Waals surface area contributed by atoms with Gasteiger partial charge < -0.3 is 20.6 Å². The van der Waals surface area contributed by atoms with Crippen molar-refractivity contribution in [1.29, 1.82) is 0 Å². The Morgan fingerprint density at radius 1 is 0.875 bits per heavy atom. The molecule has 0 saturated carbocycles. The van der Waals surface area contributed by atoms with E-state index >= 15 is 0 Å². The average molecular weight is 419 g/mol. The number of amides is 1. The predicted octanol–water partition coefficient (Wildman–Crippen LogP) is 6.06. The lowest BCUT2D eigenvalue weighted by atomic mass is 9.99. The van der Waals surface area contributed by atoms with Crippen molar-refractivity contribution < 1.29 is 4.79 Å². The summed E-state index contributed by atoms with van der Waals surface area (Å²) >= 11 is 0. The van der Waals surface area contributed by atoms with Crippen LogP contribution in [0.25, 0.3) is 33.5 Å². The number of aromatic nitrogens is 2. The van der Waals surface area contributed by atoms with Gasteiger partial charge in [0.2, 0.25) is 0 Å². The maximum atomic E-state index is 12.8. The molecule has 32 heavy (non-hydrogen) atoms. The Balaban J connectivity index is 1.29. The second kappa shape index (κ2) is 7.17. The second-order valence-electron chi connectivity index (χ2n) is 8.28. The molecule has 5 heteroatoms. The fourth-order valence-electron chi connectivity index (χ4n) is 4.54. The SMILES string of the molecule is Cc1cc(NCc2cc3ccccc3[nH]2)cc2c1/C(=C/c1cc3ccccc3[nH]1)C(=O)N2. The number of hydrogen-bond acceptors (Lipinski definition) is 2. The van der Waals surface area contributed by atoms with E-state index in [9.17, 15) is 4.79 Å². The Labute approximate surface area is 185 Å². The van der Waals surface area contributed by atoms with Crippen molar-refractivity contribution in [2.75, 3.05) is 10.6 Å².